The number of aryl methyl sites for hydroxylation is 2. The molecule has 1 aromatic heterocycles. The van der Waals surface area contributed by atoms with Gasteiger partial charge in [-0.15, -0.1) is 11.3 Å². The summed E-state index contributed by atoms with van der Waals surface area (Å²) >= 11 is 4.78. The summed E-state index contributed by atoms with van der Waals surface area (Å²) < 4.78 is 0.917. The maximum Gasteiger partial charge on any atom is 0.226 e. The van der Waals surface area contributed by atoms with Crippen LogP contribution in [0.15, 0.2) is 53.0 Å². The van der Waals surface area contributed by atoms with Crippen molar-refractivity contribution in [2.75, 3.05) is 5.32 Å². The molecule has 0 atom stereocenters. The van der Waals surface area contributed by atoms with Gasteiger partial charge in [-0.2, -0.15) is 0 Å². The second-order valence-corrected chi connectivity index (χ2v) is 8.39. The van der Waals surface area contributed by atoms with Crippen molar-refractivity contribution in [2.45, 2.75) is 26.7 Å². The summed E-state index contributed by atoms with van der Waals surface area (Å²) in [6, 6.07) is 15.3. The molecule has 27 heavy (non-hydrogen) atoms. The molecule has 2 aromatic carbocycles. The summed E-state index contributed by atoms with van der Waals surface area (Å²) in [5.74, 6) is -0.252. The minimum Gasteiger partial charge on any atom is -0.302 e. The van der Waals surface area contributed by atoms with Gasteiger partial charge in [-0.3, -0.25) is 9.59 Å². The minimum atomic E-state index is -0.204. The zero-order chi connectivity index (χ0) is 19.4. The second-order valence-electron chi connectivity index (χ2n) is 6.27. The molecule has 0 radical (unpaired) electrons. The first kappa shape index (κ1) is 19.5. The number of nitrogens with one attached hydrogen (secondary N) is 1. The fourth-order valence-electron chi connectivity index (χ4n) is 2.62. The average molecular weight is 443 g/mol. The zero-order valence-corrected chi connectivity index (χ0v) is 17.5. The molecule has 6 heteroatoms. The van der Waals surface area contributed by atoms with E-state index in [1.807, 2.05) is 50.2 Å². The van der Waals surface area contributed by atoms with Crippen LogP contribution in [-0.2, 0) is 4.79 Å². The number of anilines is 1. The Bertz CT molecular complexity index is 963. The molecule has 0 fully saturated rings. The first-order valence-electron chi connectivity index (χ1n) is 8.55. The average Bonchev–Trinajstić information content (AvgIpc) is 3.01. The number of carbonyl (C=O) groups excluding carboxylic acids is 2. The van der Waals surface area contributed by atoms with Crippen LogP contribution in [0.25, 0.3) is 11.3 Å². The number of carbonyl (C=O) groups is 2. The van der Waals surface area contributed by atoms with Crippen LogP contribution in [0.3, 0.4) is 0 Å². The zero-order valence-electron chi connectivity index (χ0n) is 15.1. The standard InChI is InChI=1S/C21H19BrN2O2S/c1-13-3-5-16(6-4-13)20-14(2)27-21(24-20)23-19(26)12-11-18(25)15-7-9-17(22)10-8-15/h3-10H,11-12H2,1-2H3,(H,23,24,26). The maximum absolute atomic E-state index is 12.2. The highest BCUT2D eigenvalue weighted by atomic mass is 79.9. The van der Waals surface area contributed by atoms with Crippen molar-refractivity contribution in [1.82, 2.24) is 4.98 Å². The van der Waals surface area contributed by atoms with Gasteiger partial charge in [-0.25, -0.2) is 4.98 Å². The summed E-state index contributed by atoms with van der Waals surface area (Å²) in [4.78, 5) is 30.0. The molecular formula is C21H19BrN2O2S. The van der Waals surface area contributed by atoms with Gasteiger partial charge in [0.1, 0.15) is 0 Å². The van der Waals surface area contributed by atoms with E-state index in [2.05, 4.69) is 26.2 Å². The van der Waals surface area contributed by atoms with Crippen molar-refractivity contribution in [2.24, 2.45) is 0 Å². The van der Waals surface area contributed by atoms with E-state index in [1.165, 1.54) is 16.9 Å². The van der Waals surface area contributed by atoms with E-state index in [1.54, 1.807) is 12.1 Å². The quantitative estimate of drug-likeness (QED) is 0.491. The molecule has 3 rings (SSSR count). The number of halogens is 1. The first-order valence-corrected chi connectivity index (χ1v) is 10.2. The Kier molecular flexibility index (Phi) is 6.19. The number of thiazole rings is 1. The number of aromatic nitrogens is 1. The van der Waals surface area contributed by atoms with Gasteiger partial charge >= 0.3 is 0 Å². The van der Waals surface area contributed by atoms with Crippen LogP contribution in [0.2, 0.25) is 0 Å². The van der Waals surface area contributed by atoms with Crippen molar-refractivity contribution >= 4 is 44.1 Å². The summed E-state index contributed by atoms with van der Waals surface area (Å²) in [6.07, 6.45) is 0.302. The molecule has 0 aliphatic carbocycles. The molecule has 1 heterocycles. The van der Waals surface area contributed by atoms with E-state index in [-0.39, 0.29) is 24.5 Å². The van der Waals surface area contributed by atoms with Crippen LogP contribution in [0.4, 0.5) is 5.13 Å². The van der Waals surface area contributed by atoms with Gasteiger partial charge in [-0.05, 0) is 26.0 Å². The van der Waals surface area contributed by atoms with Gasteiger partial charge in [0, 0.05) is 33.3 Å². The topological polar surface area (TPSA) is 59.1 Å². The third-order valence-corrected chi connectivity index (χ3v) is 5.53. The van der Waals surface area contributed by atoms with Crippen LogP contribution >= 0.6 is 27.3 Å². The number of rotatable bonds is 6. The summed E-state index contributed by atoms with van der Waals surface area (Å²) in [6.45, 7) is 4.03. The molecule has 0 unspecified atom stereocenters. The Hall–Kier alpha value is -2.31. The molecule has 3 aromatic rings. The third-order valence-electron chi connectivity index (χ3n) is 4.11. The number of hydrogen-bond donors (Lipinski definition) is 1. The van der Waals surface area contributed by atoms with Crippen molar-refractivity contribution in [3.63, 3.8) is 0 Å². The maximum atomic E-state index is 12.2. The molecule has 1 N–H and O–H groups in total. The molecule has 0 bridgehead atoms. The summed E-state index contributed by atoms with van der Waals surface area (Å²) in [5.41, 5.74) is 3.70. The molecule has 0 saturated heterocycles. The van der Waals surface area contributed by atoms with Crippen molar-refractivity contribution < 1.29 is 9.59 Å². The molecule has 1 amide bonds. The van der Waals surface area contributed by atoms with Gasteiger partial charge < -0.3 is 5.32 Å². The van der Waals surface area contributed by atoms with Crippen LogP contribution in [0.1, 0.15) is 33.6 Å². The van der Waals surface area contributed by atoms with Crippen LogP contribution in [0, 0.1) is 13.8 Å². The fourth-order valence-corrected chi connectivity index (χ4v) is 3.73. The van der Waals surface area contributed by atoms with Crippen molar-refractivity contribution in [3.8, 4) is 11.3 Å². The van der Waals surface area contributed by atoms with Crippen LogP contribution < -0.4 is 5.32 Å². The van der Waals surface area contributed by atoms with Crippen molar-refractivity contribution in [1.29, 1.82) is 0 Å². The van der Waals surface area contributed by atoms with Gasteiger partial charge in [-0.1, -0.05) is 57.9 Å². The Morgan fingerprint density at radius 3 is 2.33 bits per heavy atom. The first-order chi connectivity index (χ1) is 12.9. The number of hydrogen-bond acceptors (Lipinski definition) is 4. The lowest BCUT2D eigenvalue weighted by Gasteiger charge is -2.02. The SMILES string of the molecule is Cc1ccc(-c2nc(NC(=O)CCC(=O)c3ccc(Br)cc3)sc2C)cc1. The predicted molar refractivity (Wildman–Crippen MR) is 113 cm³/mol. The highest BCUT2D eigenvalue weighted by Gasteiger charge is 2.14. The van der Waals surface area contributed by atoms with E-state index < -0.39 is 0 Å². The minimum absolute atomic E-state index is 0.0479. The van der Waals surface area contributed by atoms with Gasteiger partial charge in [0.25, 0.3) is 0 Å². The number of Topliss-reactive ketones (excluding diaryl/α,β-unsaturated/α-hetero) is 1. The second kappa shape index (κ2) is 8.59. The number of ketones is 1. The van der Waals surface area contributed by atoms with E-state index in [0.29, 0.717) is 10.7 Å². The number of benzene rings is 2. The predicted octanol–water partition coefficient (Wildman–Crippen LogP) is 5.79. The molecule has 4 nitrogen and oxygen atoms in total. The van der Waals surface area contributed by atoms with Gasteiger partial charge in [0.2, 0.25) is 5.91 Å². The molecule has 0 saturated carbocycles. The van der Waals surface area contributed by atoms with Gasteiger partial charge in [0.05, 0.1) is 5.69 Å². The summed E-state index contributed by atoms with van der Waals surface area (Å²) in [5, 5.41) is 3.37. The lowest BCUT2D eigenvalue weighted by molar-refractivity contribution is -0.116. The van der Waals surface area contributed by atoms with E-state index >= 15 is 0 Å². The highest BCUT2D eigenvalue weighted by Crippen LogP contribution is 2.30. The Balaban J connectivity index is 1.59. The number of nitrogens with zero attached hydrogens (tertiary/aromatic N) is 1. The van der Waals surface area contributed by atoms with Crippen LogP contribution in [-0.4, -0.2) is 16.7 Å². The monoisotopic (exact) mass is 442 g/mol. The van der Waals surface area contributed by atoms with E-state index in [4.69, 9.17) is 0 Å². The van der Waals surface area contributed by atoms with E-state index in [9.17, 15) is 9.59 Å². The van der Waals surface area contributed by atoms with Crippen LogP contribution in [0.5, 0.6) is 0 Å². The molecule has 0 aliphatic rings. The fraction of sp³-hybridized carbons (Fsp3) is 0.190. The van der Waals surface area contributed by atoms with Gasteiger partial charge in [0.15, 0.2) is 10.9 Å². The Labute approximate surface area is 170 Å². The normalized spacial score (nSPS) is 10.6. The highest BCUT2D eigenvalue weighted by molar-refractivity contribution is 9.10. The molecule has 138 valence electrons. The largest absolute Gasteiger partial charge is 0.302 e. The molecule has 0 aliphatic heterocycles. The number of amides is 1. The Morgan fingerprint density at radius 1 is 1.00 bits per heavy atom. The lowest BCUT2D eigenvalue weighted by Crippen LogP contribution is -2.13. The lowest BCUT2D eigenvalue weighted by atomic mass is 10.1. The molecular weight excluding hydrogens is 424 g/mol. The molecule has 0 spiro atoms. The van der Waals surface area contributed by atoms with Crippen molar-refractivity contribution in [3.05, 3.63) is 69.0 Å². The summed E-state index contributed by atoms with van der Waals surface area (Å²) in [7, 11) is 0. The van der Waals surface area contributed by atoms with E-state index in [0.717, 1.165) is 20.6 Å². The third kappa shape index (κ3) is 5.11. The Morgan fingerprint density at radius 2 is 1.67 bits per heavy atom. The smallest absolute Gasteiger partial charge is 0.226 e.